The van der Waals surface area contributed by atoms with E-state index in [0.29, 0.717) is 12.1 Å². The van der Waals surface area contributed by atoms with Crippen LogP contribution in [0.25, 0.3) is 0 Å². The third-order valence-corrected chi connectivity index (χ3v) is 4.35. The number of Topliss-reactive ketones (excluding diaryl/α,β-unsaturated/α-hetero) is 1. The van der Waals surface area contributed by atoms with Crippen LogP contribution in [-0.2, 0) is 24.6 Å². The normalized spacial score (nSPS) is 23.0. The van der Waals surface area contributed by atoms with Gasteiger partial charge in [0.25, 0.3) is 0 Å². The maximum atomic E-state index is 12.4. The van der Waals surface area contributed by atoms with Crippen LogP contribution in [0.4, 0.5) is 0 Å². The van der Waals surface area contributed by atoms with Crippen molar-refractivity contribution in [2.45, 2.75) is 64.8 Å². The fourth-order valence-electron chi connectivity index (χ4n) is 3.04. The van der Waals surface area contributed by atoms with Crippen molar-refractivity contribution in [3.8, 4) is 0 Å². The SMILES string of the molecule is CC(C)C(=O)[C@@H]1CC(N/C=C(\N)CC(COO[O-])OO[O-])CN1C(C)C. The van der Waals surface area contributed by atoms with E-state index >= 15 is 0 Å². The van der Waals surface area contributed by atoms with Crippen LogP contribution in [0, 0.1) is 5.92 Å². The van der Waals surface area contributed by atoms with E-state index in [4.69, 9.17) is 5.73 Å². The molecule has 0 aliphatic carbocycles. The summed E-state index contributed by atoms with van der Waals surface area (Å²) in [5.41, 5.74) is 6.27. The number of nitrogens with two attached hydrogens (primary N) is 1. The number of carbonyl (C=O) groups excluding carboxylic acids is 1. The van der Waals surface area contributed by atoms with Crippen molar-refractivity contribution in [3.05, 3.63) is 11.9 Å². The number of ketones is 1. The van der Waals surface area contributed by atoms with Crippen molar-refractivity contribution in [3.63, 3.8) is 0 Å². The lowest BCUT2D eigenvalue weighted by Gasteiger charge is -2.28. The van der Waals surface area contributed by atoms with Crippen molar-refractivity contribution in [1.82, 2.24) is 10.2 Å². The smallest absolute Gasteiger partial charge is 0.152 e. The molecule has 0 spiro atoms. The second-order valence-corrected chi connectivity index (χ2v) is 7.02. The van der Waals surface area contributed by atoms with Gasteiger partial charge in [-0.15, -0.1) is 0 Å². The standard InChI is InChI=1S/C16H31N3O7/c1-10(2)16(20)15-6-13(8-19(15)11(3)4)18-7-12(17)5-14(24-26-22)9-23-25-21/h7,10-11,13-15,18,21-22H,5-6,8-9,17H2,1-4H3/p-2/b12-7-/t13?,14?,15-/m0/s1. The highest BCUT2D eigenvalue weighted by Crippen LogP contribution is 2.24. The Morgan fingerprint density at radius 2 is 2.00 bits per heavy atom. The number of nitrogens with zero attached hydrogens (tertiary/aromatic N) is 1. The van der Waals surface area contributed by atoms with Crippen molar-refractivity contribution in [2.75, 3.05) is 13.2 Å². The Balaban J connectivity index is 2.61. The zero-order valence-corrected chi connectivity index (χ0v) is 15.7. The van der Waals surface area contributed by atoms with Gasteiger partial charge in [0.2, 0.25) is 0 Å². The first kappa shape index (κ1) is 22.8. The second kappa shape index (κ2) is 11.4. The molecule has 0 aromatic carbocycles. The molecular weight excluding hydrogens is 346 g/mol. The highest BCUT2D eigenvalue weighted by atomic mass is 17.5. The summed E-state index contributed by atoms with van der Waals surface area (Å²) in [5, 5.41) is 29.7. The Labute approximate surface area is 153 Å². The van der Waals surface area contributed by atoms with E-state index in [1.54, 1.807) is 6.20 Å². The molecule has 0 saturated carbocycles. The number of likely N-dealkylation sites (tertiary alicyclic amines) is 1. The van der Waals surface area contributed by atoms with Crippen molar-refractivity contribution < 1.29 is 35.2 Å². The number of rotatable bonds is 12. The average molecular weight is 375 g/mol. The Bertz CT molecular complexity index is 459. The molecule has 1 aliphatic heterocycles. The third-order valence-electron chi connectivity index (χ3n) is 4.35. The predicted octanol–water partition coefficient (Wildman–Crippen LogP) is -1.34. The largest absolute Gasteiger partial charge is 0.692 e. The molecule has 0 aromatic rings. The molecule has 0 radical (unpaired) electrons. The lowest BCUT2D eigenvalue weighted by molar-refractivity contribution is -0.816. The van der Waals surface area contributed by atoms with Gasteiger partial charge in [0.05, 0.1) is 6.04 Å². The van der Waals surface area contributed by atoms with Gasteiger partial charge in [-0.1, -0.05) is 13.8 Å². The van der Waals surface area contributed by atoms with Crippen LogP contribution in [0.15, 0.2) is 11.9 Å². The molecule has 152 valence electrons. The van der Waals surface area contributed by atoms with E-state index in [-0.39, 0.29) is 42.9 Å². The fraction of sp³-hybridized carbons (Fsp3) is 0.812. The van der Waals surface area contributed by atoms with Gasteiger partial charge in [-0.3, -0.25) is 19.8 Å². The lowest BCUT2D eigenvalue weighted by atomic mass is 9.98. The zero-order chi connectivity index (χ0) is 19.7. The molecule has 10 heteroatoms. The van der Waals surface area contributed by atoms with Crippen LogP contribution in [0.5, 0.6) is 0 Å². The first-order valence-corrected chi connectivity index (χ1v) is 8.66. The first-order valence-electron chi connectivity index (χ1n) is 8.66. The summed E-state index contributed by atoms with van der Waals surface area (Å²) < 4.78 is 0. The van der Waals surface area contributed by atoms with Crippen LogP contribution in [-0.4, -0.2) is 48.1 Å². The minimum atomic E-state index is -0.884. The van der Waals surface area contributed by atoms with Crippen molar-refractivity contribution >= 4 is 5.78 Å². The van der Waals surface area contributed by atoms with Gasteiger partial charge in [0.15, 0.2) is 5.78 Å². The lowest BCUT2D eigenvalue weighted by Crippen LogP contribution is -2.42. The Hall–Kier alpha value is -1.27. The summed E-state index contributed by atoms with van der Waals surface area (Å²) in [4.78, 5) is 23.2. The number of hydrogen-bond donors (Lipinski definition) is 2. The quantitative estimate of drug-likeness (QED) is 0.311. The highest BCUT2D eigenvalue weighted by Gasteiger charge is 2.38. The van der Waals surface area contributed by atoms with Gasteiger partial charge >= 0.3 is 0 Å². The van der Waals surface area contributed by atoms with E-state index in [1.807, 2.05) is 13.8 Å². The molecule has 0 aromatic heterocycles. The fourth-order valence-corrected chi connectivity index (χ4v) is 3.04. The topological polar surface area (TPSA) is 141 Å². The van der Waals surface area contributed by atoms with E-state index in [9.17, 15) is 15.3 Å². The molecule has 3 atom stereocenters. The molecule has 3 N–H and O–H groups in total. The Morgan fingerprint density at radius 3 is 2.54 bits per heavy atom. The molecule has 2 unspecified atom stereocenters. The van der Waals surface area contributed by atoms with Crippen LogP contribution in [0.1, 0.15) is 40.5 Å². The molecule has 1 heterocycles. The Morgan fingerprint density at radius 1 is 1.31 bits per heavy atom. The molecule has 1 rings (SSSR count). The summed E-state index contributed by atoms with van der Waals surface area (Å²) in [6.07, 6.45) is 1.50. The molecule has 1 fully saturated rings. The highest BCUT2D eigenvalue weighted by molar-refractivity contribution is 5.86. The minimum absolute atomic E-state index is 0.0196. The van der Waals surface area contributed by atoms with Crippen LogP contribution in [0.3, 0.4) is 0 Å². The summed E-state index contributed by atoms with van der Waals surface area (Å²) in [6, 6.07) is 0.210. The van der Waals surface area contributed by atoms with Gasteiger partial charge in [0.1, 0.15) is 12.7 Å². The first-order chi connectivity index (χ1) is 12.3. The molecule has 0 bridgehead atoms. The minimum Gasteiger partial charge on any atom is -0.692 e. The van der Waals surface area contributed by atoms with E-state index in [1.165, 1.54) is 0 Å². The average Bonchev–Trinajstić information content (AvgIpc) is 3.01. The van der Waals surface area contributed by atoms with Gasteiger partial charge < -0.3 is 21.6 Å². The van der Waals surface area contributed by atoms with Gasteiger partial charge in [-0.05, 0) is 20.3 Å². The number of nitrogens with one attached hydrogen (secondary N) is 1. The maximum absolute atomic E-state index is 12.4. The van der Waals surface area contributed by atoms with Gasteiger partial charge in [-0.25, -0.2) is 9.78 Å². The van der Waals surface area contributed by atoms with E-state index in [0.717, 1.165) is 6.54 Å². The summed E-state index contributed by atoms with van der Waals surface area (Å²) in [6.45, 7) is 8.36. The zero-order valence-electron chi connectivity index (χ0n) is 15.7. The van der Waals surface area contributed by atoms with Crippen LogP contribution >= 0.6 is 0 Å². The third kappa shape index (κ3) is 7.16. The molecule has 26 heavy (non-hydrogen) atoms. The Kier molecular flexibility index (Phi) is 10.0. The summed E-state index contributed by atoms with van der Waals surface area (Å²) in [5.74, 6) is 0.213. The van der Waals surface area contributed by atoms with Gasteiger partial charge in [0, 0.05) is 42.9 Å². The number of carbonyl (C=O) groups is 1. The predicted molar refractivity (Wildman–Crippen MR) is 86.9 cm³/mol. The maximum Gasteiger partial charge on any atom is 0.152 e. The van der Waals surface area contributed by atoms with Gasteiger partial charge in [-0.2, -0.15) is 0 Å². The monoisotopic (exact) mass is 375 g/mol. The molecule has 1 saturated heterocycles. The summed E-state index contributed by atoms with van der Waals surface area (Å²) >= 11 is 0. The summed E-state index contributed by atoms with van der Waals surface area (Å²) in [7, 11) is 0. The van der Waals surface area contributed by atoms with E-state index < -0.39 is 6.10 Å². The number of hydrogen-bond acceptors (Lipinski definition) is 10. The van der Waals surface area contributed by atoms with Crippen molar-refractivity contribution in [2.24, 2.45) is 11.7 Å². The second-order valence-electron chi connectivity index (χ2n) is 7.02. The van der Waals surface area contributed by atoms with Crippen LogP contribution < -0.4 is 21.6 Å². The molecule has 0 amide bonds. The molecule has 1 aliphatic rings. The van der Waals surface area contributed by atoms with Crippen molar-refractivity contribution in [1.29, 1.82) is 0 Å². The van der Waals surface area contributed by atoms with E-state index in [2.05, 4.69) is 43.9 Å². The molecule has 10 nitrogen and oxygen atoms in total. The van der Waals surface area contributed by atoms with Crippen LogP contribution in [0.2, 0.25) is 0 Å². The molecular formula is C16H29N3O7-2.